The molecule has 0 amide bonds. The fourth-order valence-corrected chi connectivity index (χ4v) is 1.74. The third-order valence-corrected chi connectivity index (χ3v) is 2.93. The van der Waals surface area contributed by atoms with Gasteiger partial charge in [0.2, 0.25) is 5.79 Å². The molecule has 0 saturated heterocycles. The van der Waals surface area contributed by atoms with Crippen LogP contribution in [0.15, 0.2) is 53.6 Å². The van der Waals surface area contributed by atoms with Crippen LogP contribution >= 0.6 is 0 Å². The van der Waals surface area contributed by atoms with Gasteiger partial charge in [-0.05, 0) is 36.4 Å². The van der Waals surface area contributed by atoms with Crippen LogP contribution in [0.1, 0.15) is 0 Å². The number of methoxy groups -OCH3 is 2. The van der Waals surface area contributed by atoms with Gasteiger partial charge in [0.1, 0.15) is 0 Å². The average Bonchev–Trinajstić information content (AvgIpc) is 2.49. The first-order valence-corrected chi connectivity index (χ1v) is 5.90. The number of aliphatic imine (C=N–C) groups is 1. The zero-order chi connectivity index (χ0) is 14.6. The molecule has 0 aromatic heterocycles. The maximum absolute atomic E-state index is 10.6. The Morgan fingerprint density at radius 1 is 1.10 bits per heavy atom. The zero-order valence-electron chi connectivity index (χ0n) is 11.1. The van der Waals surface area contributed by atoms with Crippen LogP contribution in [0.3, 0.4) is 0 Å². The Bertz CT molecular complexity index is 566. The van der Waals surface area contributed by atoms with Crippen molar-refractivity contribution in [2.75, 3.05) is 14.2 Å². The number of non-ortho nitro benzene ring substituents is 1. The number of hydrogen-bond acceptors (Lipinski definition) is 5. The molecule has 0 unspecified atom stereocenters. The minimum atomic E-state index is -0.853. The second-order valence-corrected chi connectivity index (χ2v) is 4.11. The highest BCUT2D eigenvalue weighted by atomic mass is 16.7. The van der Waals surface area contributed by atoms with E-state index in [1.165, 1.54) is 12.1 Å². The standard InChI is InChI=1S/C14H14N2O4/c1-19-14(20-2)9-7-12(8-10-14)15-11-3-5-13(6-4-11)16(17)18/h3-10H,1-2H3. The predicted molar refractivity (Wildman–Crippen MR) is 75.2 cm³/mol. The Balaban J connectivity index is 2.18. The summed E-state index contributed by atoms with van der Waals surface area (Å²) in [5.41, 5.74) is 1.40. The van der Waals surface area contributed by atoms with E-state index in [1.807, 2.05) is 0 Å². The molecular weight excluding hydrogens is 260 g/mol. The number of allylic oxidation sites excluding steroid dienone is 2. The summed E-state index contributed by atoms with van der Waals surface area (Å²) in [5.74, 6) is -0.853. The van der Waals surface area contributed by atoms with E-state index < -0.39 is 10.7 Å². The van der Waals surface area contributed by atoms with E-state index in [1.54, 1.807) is 50.7 Å². The van der Waals surface area contributed by atoms with Crippen molar-refractivity contribution in [2.24, 2.45) is 4.99 Å². The summed E-state index contributed by atoms with van der Waals surface area (Å²) < 4.78 is 10.5. The van der Waals surface area contributed by atoms with Crippen molar-refractivity contribution < 1.29 is 14.4 Å². The van der Waals surface area contributed by atoms with Crippen molar-refractivity contribution >= 4 is 17.1 Å². The molecule has 1 aliphatic rings. The first kappa shape index (κ1) is 14.1. The highest BCUT2D eigenvalue weighted by Gasteiger charge is 2.24. The van der Waals surface area contributed by atoms with E-state index in [0.29, 0.717) is 11.4 Å². The van der Waals surface area contributed by atoms with Gasteiger partial charge < -0.3 is 9.47 Å². The normalized spacial score (nSPS) is 16.2. The number of benzene rings is 1. The smallest absolute Gasteiger partial charge is 0.269 e. The van der Waals surface area contributed by atoms with Gasteiger partial charge in [-0.2, -0.15) is 0 Å². The molecule has 6 heteroatoms. The van der Waals surface area contributed by atoms with Gasteiger partial charge in [-0.25, -0.2) is 4.99 Å². The topological polar surface area (TPSA) is 74.0 Å². The molecule has 0 fully saturated rings. The van der Waals surface area contributed by atoms with E-state index in [9.17, 15) is 10.1 Å². The van der Waals surface area contributed by atoms with Gasteiger partial charge in [-0.15, -0.1) is 0 Å². The van der Waals surface area contributed by atoms with E-state index >= 15 is 0 Å². The van der Waals surface area contributed by atoms with E-state index in [0.717, 1.165) is 0 Å². The van der Waals surface area contributed by atoms with Gasteiger partial charge in [0.05, 0.1) is 16.3 Å². The van der Waals surface area contributed by atoms with Crippen molar-refractivity contribution in [3.8, 4) is 0 Å². The fraction of sp³-hybridized carbons (Fsp3) is 0.214. The lowest BCUT2D eigenvalue weighted by Gasteiger charge is -2.25. The molecule has 1 aliphatic carbocycles. The van der Waals surface area contributed by atoms with E-state index in [2.05, 4.69) is 4.99 Å². The molecule has 0 N–H and O–H groups in total. The Hall–Kier alpha value is -2.31. The molecule has 0 saturated carbocycles. The number of nitro groups is 1. The van der Waals surface area contributed by atoms with Crippen molar-refractivity contribution in [2.45, 2.75) is 5.79 Å². The maximum atomic E-state index is 10.6. The van der Waals surface area contributed by atoms with Gasteiger partial charge in [0, 0.05) is 26.4 Å². The second-order valence-electron chi connectivity index (χ2n) is 4.11. The van der Waals surface area contributed by atoms with Gasteiger partial charge in [0.15, 0.2) is 0 Å². The number of nitrogens with zero attached hydrogens (tertiary/aromatic N) is 2. The van der Waals surface area contributed by atoms with Gasteiger partial charge in [-0.3, -0.25) is 10.1 Å². The van der Waals surface area contributed by atoms with E-state index in [4.69, 9.17) is 9.47 Å². The lowest BCUT2D eigenvalue weighted by Crippen LogP contribution is -2.30. The SMILES string of the molecule is COC1(OC)C=CC(=Nc2ccc([N+](=O)[O-])cc2)C=C1. The maximum Gasteiger partial charge on any atom is 0.269 e. The molecule has 1 aromatic carbocycles. The molecule has 1 aromatic rings. The Morgan fingerprint density at radius 3 is 2.10 bits per heavy atom. The molecule has 0 radical (unpaired) electrons. The molecule has 0 bridgehead atoms. The van der Waals surface area contributed by atoms with Crippen molar-refractivity contribution in [1.29, 1.82) is 0 Å². The van der Waals surface area contributed by atoms with Crippen LogP contribution in [-0.4, -0.2) is 30.6 Å². The zero-order valence-corrected chi connectivity index (χ0v) is 11.1. The highest BCUT2D eigenvalue weighted by Crippen LogP contribution is 2.22. The summed E-state index contributed by atoms with van der Waals surface area (Å²) in [5, 5.41) is 10.6. The third kappa shape index (κ3) is 2.98. The van der Waals surface area contributed by atoms with Crippen LogP contribution in [0.2, 0.25) is 0 Å². The van der Waals surface area contributed by atoms with Crippen LogP contribution in [-0.2, 0) is 9.47 Å². The first-order chi connectivity index (χ1) is 9.58. The van der Waals surface area contributed by atoms with Crippen molar-refractivity contribution in [1.82, 2.24) is 0 Å². The third-order valence-electron chi connectivity index (χ3n) is 2.93. The number of rotatable bonds is 4. The molecule has 20 heavy (non-hydrogen) atoms. The monoisotopic (exact) mass is 274 g/mol. The van der Waals surface area contributed by atoms with Crippen LogP contribution in [0, 0.1) is 10.1 Å². The molecule has 6 nitrogen and oxygen atoms in total. The minimum absolute atomic E-state index is 0.0430. The first-order valence-electron chi connectivity index (χ1n) is 5.90. The summed E-state index contributed by atoms with van der Waals surface area (Å²) in [6.45, 7) is 0. The highest BCUT2D eigenvalue weighted by molar-refractivity contribution is 6.06. The molecule has 104 valence electrons. The molecule has 2 rings (SSSR count). The summed E-state index contributed by atoms with van der Waals surface area (Å²) in [4.78, 5) is 14.5. The summed E-state index contributed by atoms with van der Waals surface area (Å²) in [7, 11) is 3.10. The Morgan fingerprint density at radius 2 is 1.65 bits per heavy atom. The Labute approximate surface area is 116 Å². The summed E-state index contributed by atoms with van der Waals surface area (Å²) in [6.07, 6.45) is 7.04. The lowest BCUT2D eigenvalue weighted by atomic mass is 10.1. The second kappa shape index (κ2) is 5.77. The molecule has 0 heterocycles. The number of ether oxygens (including phenoxy) is 2. The average molecular weight is 274 g/mol. The van der Waals surface area contributed by atoms with Crippen molar-refractivity contribution in [3.05, 3.63) is 58.7 Å². The summed E-state index contributed by atoms with van der Waals surface area (Å²) in [6, 6.07) is 6.04. The summed E-state index contributed by atoms with van der Waals surface area (Å²) >= 11 is 0. The van der Waals surface area contributed by atoms with Gasteiger partial charge in [-0.1, -0.05) is 0 Å². The predicted octanol–water partition coefficient (Wildman–Crippen LogP) is 2.78. The van der Waals surface area contributed by atoms with Crippen LogP contribution in [0.5, 0.6) is 0 Å². The molecule has 0 aliphatic heterocycles. The van der Waals surface area contributed by atoms with Crippen LogP contribution in [0.4, 0.5) is 11.4 Å². The van der Waals surface area contributed by atoms with Crippen LogP contribution in [0.25, 0.3) is 0 Å². The molecule has 0 spiro atoms. The van der Waals surface area contributed by atoms with Crippen molar-refractivity contribution in [3.63, 3.8) is 0 Å². The minimum Gasteiger partial charge on any atom is -0.346 e. The Kier molecular flexibility index (Phi) is 4.07. The molecule has 0 atom stereocenters. The largest absolute Gasteiger partial charge is 0.346 e. The van der Waals surface area contributed by atoms with Gasteiger partial charge >= 0.3 is 0 Å². The lowest BCUT2D eigenvalue weighted by molar-refractivity contribution is -0.384. The van der Waals surface area contributed by atoms with E-state index in [-0.39, 0.29) is 5.69 Å². The number of hydrogen-bond donors (Lipinski definition) is 0. The van der Waals surface area contributed by atoms with Crippen LogP contribution < -0.4 is 0 Å². The number of nitro benzene ring substituents is 1. The molecular formula is C14H14N2O4. The quantitative estimate of drug-likeness (QED) is 0.480. The van der Waals surface area contributed by atoms with Gasteiger partial charge in [0.25, 0.3) is 5.69 Å². The fourth-order valence-electron chi connectivity index (χ4n) is 1.74.